The summed E-state index contributed by atoms with van der Waals surface area (Å²) in [6.07, 6.45) is 1.84. The zero-order chi connectivity index (χ0) is 10.7. The van der Waals surface area contributed by atoms with E-state index in [1.807, 2.05) is 18.5 Å². The number of rotatable bonds is 4. The molecule has 2 rings (SSSR count). The Balaban J connectivity index is 1.86. The molecule has 15 heavy (non-hydrogen) atoms. The second-order valence-electron chi connectivity index (χ2n) is 3.27. The third-order valence-corrected chi connectivity index (χ3v) is 3.90. The van der Waals surface area contributed by atoms with Gasteiger partial charge in [0, 0.05) is 29.5 Å². The average Bonchev–Trinajstić information content (AvgIpc) is 2.77. The Morgan fingerprint density at radius 2 is 2.20 bits per heavy atom. The normalized spacial score (nSPS) is 10.8. The third-order valence-electron chi connectivity index (χ3n) is 2.04. The molecule has 0 amide bonds. The van der Waals surface area contributed by atoms with Gasteiger partial charge >= 0.3 is 0 Å². The number of nitrogens with one attached hydrogen (secondary N) is 1. The minimum absolute atomic E-state index is 0.841. The highest BCUT2D eigenvalue weighted by atomic mass is 32.1. The van der Waals surface area contributed by atoms with Crippen LogP contribution in [0.5, 0.6) is 0 Å². The van der Waals surface area contributed by atoms with Crippen LogP contribution in [0.1, 0.15) is 20.6 Å². The maximum Gasteiger partial charge on any atom is 0.106 e. The zero-order valence-corrected chi connectivity index (χ0v) is 10.4. The van der Waals surface area contributed by atoms with Crippen LogP contribution >= 0.6 is 22.7 Å². The predicted molar refractivity (Wildman–Crippen MR) is 64.2 cm³/mol. The first-order chi connectivity index (χ1) is 7.25. The van der Waals surface area contributed by atoms with Crippen LogP contribution in [0.2, 0.25) is 0 Å². The molecule has 0 bridgehead atoms. The number of hydrogen-bond donors (Lipinski definition) is 1. The van der Waals surface area contributed by atoms with Gasteiger partial charge in [-0.05, 0) is 13.8 Å². The Morgan fingerprint density at radius 3 is 2.80 bits per heavy atom. The van der Waals surface area contributed by atoms with Gasteiger partial charge in [0.25, 0.3) is 0 Å². The Hall–Kier alpha value is -0.780. The lowest BCUT2D eigenvalue weighted by Gasteiger charge is -2.00. The van der Waals surface area contributed by atoms with Gasteiger partial charge < -0.3 is 5.32 Å². The molecule has 1 N–H and O–H groups in total. The first-order valence-electron chi connectivity index (χ1n) is 4.77. The van der Waals surface area contributed by atoms with Gasteiger partial charge in [-0.2, -0.15) is 0 Å². The first-order valence-corrected chi connectivity index (χ1v) is 6.47. The van der Waals surface area contributed by atoms with E-state index in [9.17, 15) is 0 Å². The largest absolute Gasteiger partial charge is 0.305 e. The molecule has 0 aliphatic heterocycles. The Kier molecular flexibility index (Phi) is 3.45. The van der Waals surface area contributed by atoms with Crippen molar-refractivity contribution in [1.29, 1.82) is 0 Å². The molecule has 0 radical (unpaired) electrons. The molecule has 0 aromatic carbocycles. The minimum atomic E-state index is 0.841. The van der Waals surface area contributed by atoms with E-state index in [2.05, 4.69) is 22.2 Å². The molecule has 3 nitrogen and oxygen atoms in total. The van der Waals surface area contributed by atoms with E-state index in [0.29, 0.717) is 0 Å². The molecule has 0 fully saturated rings. The molecule has 0 unspecified atom stereocenters. The van der Waals surface area contributed by atoms with Gasteiger partial charge in [0.2, 0.25) is 0 Å². The minimum Gasteiger partial charge on any atom is -0.305 e. The molecule has 0 aliphatic carbocycles. The van der Waals surface area contributed by atoms with E-state index in [4.69, 9.17) is 0 Å². The van der Waals surface area contributed by atoms with E-state index in [1.54, 1.807) is 22.7 Å². The van der Waals surface area contributed by atoms with Gasteiger partial charge in [-0.1, -0.05) is 0 Å². The number of aromatic nitrogens is 2. The van der Waals surface area contributed by atoms with E-state index in [0.717, 1.165) is 28.8 Å². The monoisotopic (exact) mass is 239 g/mol. The summed E-state index contributed by atoms with van der Waals surface area (Å²) >= 11 is 3.44. The fourth-order valence-corrected chi connectivity index (χ4v) is 2.85. The van der Waals surface area contributed by atoms with Crippen LogP contribution in [0, 0.1) is 13.8 Å². The Bertz CT molecular complexity index is 420. The fraction of sp³-hybridized carbons (Fsp3) is 0.400. The number of nitrogens with zero attached hydrogens (tertiary/aromatic N) is 2. The van der Waals surface area contributed by atoms with E-state index in [-0.39, 0.29) is 0 Å². The second-order valence-corrected chi connectivity index (χ2v) is 5.54. The summed E-state index contributed by atoms with van der Waals surface area (Å²) in [6.45, 7) is 5.83. The Morgan fingerprint density at radius 1 is 1.33 bits per heavy atom. The van der Waals surface area contributed by atoms with Crippen LogP contribution in [0.3, 0.4) is 0 Å². The number of aryl methyl sites for hydroxylation is 2. The van der Waals surface area contributed by atoms with E-state index < -0.39 is 0 Å². The van der Waals surface area contributed by atoms with Gasteiger partial charge in [-0.15, -0.1) is 22.7 Å². The van der Waals surface area contributed by atoms with E-state index in [1.165, 1.54) is 4.88 Å². The fourth-order valence-electron chi connectivity index (χ4n) is 1.36. The van der Waals surface area contributed by atoms with Crippen LogP contribution < -0.4 is 5.32 Å². The quantitative estimate of drug-likeness (QED) is 0.891. The van der Waals surface area contributed by atoms with Crippen LogP contribution in [-0.2, 0) is 13.1 Å². The van der Waals surface area contributed by atoms with Crippen molar-refractivity contribution in [2.45, 2.75) is 26.9 Å². The molecule has 5 heteroatoms. The summed E-state index contributed by atoms with van der Waals surface area (Å²) in [5, 5.41) is 7.65. The molecule has 0 saturated heterocycles. The standard InChI is InChI=1S/C10H13N3S2/c1-7-9(15-8(2)13-7)5-11-6-10-12-3-4-14-10/h3-4,11H,5-6H2,1-2H3. The highest BCUT2D eigenvalue weighted by Crippen LogP contribution is 2.16. The van der Waals surface area contributed by atoms with Gasteiger partial charge in [0.05, 0.1) is 10.7 Å². The van der Waals surface area contributed by atoms with Gasteiger partial charge in [-0.25, -0.2) is 9.97 Å². The van der Waals surface area contributed by atoms with Crippen LogP contribution in [-0.4, -0.2) is 9.97 Å². The molecule has 0 saturated carbocycles. The summed E-state index contributed by atoms with van der Waals surface area (Å²) in [7, 11) is 0. The van der Waals surface area contributed by atoms with Crippen molar-refractivity contribution >= 4 is 22.7 Å². The van der Waals surface area contributed by atoms with Crippen molar-refractivity contribution in [3.05, 3.63) is 32.2 Å². The maximum absolute atomic E-state index is 4.39. The number of thiazole rings is 2. The lowest BCUT2D eigenvalue weighted by molar-refractivity contribution is 0.693. The topological polar surface area (TPSA) is 37.8 Å². The molecule has 2 aromatic rings. The number of hydrogen-bond acceptors (Lipinski definition) is 5. The van der Waals surface area contributed by atoms with Gasteiger partial charge in [-0.3, -0.25) is 0 Å². The highest BCUT2D eigenvalue weighted by molar-refractivity contribution is 7.11. The predicted octanol–water partition coefficient (Wildman–Crippen LogP) is 2.51. The molecule has 0 aliphatic rings. The van der Waals surface area contributed by atoms with Crippen molar-refractivity contribution in [2.75, 3.05) is 0 Å². The average molecular weight is 239 g/mol. The summed E-state index contributed by atoms with van der Waals surface area (Å²) < 4.78 is 0. The third kappa shape index (κ3) is 2.84. The summed E-state index contributed by atoms with van der Waals surface area (Å²) in [6, 6.07) is 0. The van der Waals surface area contributed by atoms with Crippen LogP contribution in [0.15, 0.2) is 11.6 Å². The SMILES string of the molecule is Cc1nc(C)c(CNCc2nccs2)s1. The lowest BCUT2D eigenvalue weighted by atomic mass is 10.4. The highest BCUT2D eigenvalue weighted by Gasteiger charge is 2.04. The first kappa shape index (κ1) is 10.7. The van der Waals surface area contributed by atoms with Crippen molar-refractivity contribution in [3.8, 4) is 0 Å². The Labute approximate surface area is 97.2 Å². The molecular weight excluding hydrogens is 226 g/mol. The van der Waals surface area contributed by atoms with E-state index >= 15 is 0 Å². The summed E-state index contributed by atoms with van der Waals surface area (Å²) in [5.41, 5.74) is 1.14. The van der Waals surface area contributed by atoms with Gasteiger partial charge in [0.1, 0.15) is 5.01 Å². The molecular formula is C10H13N3S2. The van der Waals surface area contributed by atoms with Crippen LogP contribution in [0.4, 0.5) is 0 Å². The second kappa shape index (κ2) is 4.83. The molecule has 0 atom stereocenters. The molecule has 80 valence electrons. The summed E-state index contributed by atoms with van der Waals surface area (Å²) in [4.78, 5) is 9.93. The smallest absolute Gasteiger partial charge is 0.106 e. The zero-order valence-electron chi connectivity index (χ0n) is 8.78. The van der Waals surface area contributed by atoms with Crippen molar-refractivity contribution in [2.24, 2.45) is 0 Å². The van der Waals surface area contributed by atoms with Gasteiger partial charge in [0.15, 0.2) is 0 Å². The van der Waals surface area contributed by atoms with Crippen molar-refractivity contribution in [1.82, 2.24) is 15.3 Å². The molecule has 0 spiro atoms. The lowest BCUT2D eigenvalue weighted by Crippen LogP contribution is -2.12. The maximum atomic E-state index is 4.39. The van der Waals surface area contributed by atoms with Crippen LogP contribution in [0.25, 0.3) is 0 Å². The van der Waals surface area contributed by atoms with Crippen molar-refractivity contribution < 1.29 is 0 Å². The molecule has 2 aromatic heterocycles. The summed E-state index contributed by atoms with van der Waals surface area (Å²) in [5.74, 6) is 0. The molecule has 2 heterocycles. The van der Waals surface area contributed by atoms with Crippen molar-refractivity contribution in [3.63, 3.8) is 0 Å².